The Hall–Kier alpha value is -3.55. The summed E-state index contributed by atoms with van der Waals surface area (Å²) in [4.78, 5) is 21.3. The first-order valence-electron chi connectivity index (χ1n) is 8.10. The maximum Gasteiger partial charge on any atom is 0.261 e. The van der Waals surface area contributed by atoms with Crippen molar-refractivity contribution in [3.63, 3.8) is 0 Å². The van der Waals surface area contributed by atoms with Crippen LogP contribution in [0.4, 0.5) is 5.69 Å². The quantitative estimate of drug-likeness (QED) is 0.615. The lowest BCUT2D eigenvalue weighted by Gasteiger charge is -2.10. The van der Waals surface area contributed by atoms with Crippen molar-refractivity contribution in [2.24, 2.45) is 7.05 Å². The van der Waals surface area contributed by atoms with Crippen molar-refractivity contribution in [3.8, 4) is 5.82 Å². The van der Waals surface area contributed by atoms with Gasteiger partial charge in [-0.05, 0) is 26.0 Å². The summed E-state index contributed by atoms with van der Waals surface area (Å²) in [6, 6.07) is 3.73. The zero-order chi connectivity index (χ0) is 18.3. The van der Waals surface area contributed by atoms with Gasteiger partial charge in [-0.3, -0.25) is 14.8 Å². The van der Waals surface area contributed by atoms with Gasteiger partial charge in [0.1, 0.15) is 5.56 Å². The van der Waals surface area contributed by atoms with Crippen LogP contribution in [0.3, 0.4) is 0 Å². The first-order valence-corrected chi connectivity index (χ1v) is 8.10. The summed E-state index contributed by atoms with van der Waals surface area (Å²) < 4.78 is 3.32. The van der Waals surface area contributed by atoms with Gasteiger partial charge in [-0.1, -0.05) is 0 Å². The van der Waals surface area contributed by atoms with Crippen LogP contribution in [0.2, 0.25) is 0 Å². The average molecular weight is 347 g/mol. The molecule has 0 atom stereocenters. The molecular weight excluding hydrogens is 330 g/mol. The lowest BCUT2D eigenvalue weighted by molar-refractivity contribution is 0.102. The van der Waals surface area contributed by atoms with E-state index >= 15 is 0 Å². The Morgan fingerprint density at radius 3 is 2.65 bits per heavy atom. The van der Waals surface area contributed by atoms with E-state index in [1.165, 1.54) is 0 Å². The Balaban J connectivity index is 1.77. The molecule has 0 spiro atoms. The number of nitrogens with zero attached hydrogens (tertiary/aromatic N) is 6. The molecule has 4 rings (SSSR count). The highest BCUT2D eigenvalue weighted by Crippen LogP contribution is 2.24. The van der Waals surface area contributed by atoms with Gasteiger partial charge in [-0.25, -0.2) is 9.36 Å². The number of rotatable bonds is 3. The third kappa shape index (κ3) is 2.61. The van der Waals surface area contributed by atoms with Crippen molar-refractivity contribution in [1.82, 2.24) is 29.5 Å². The number of fused-ring (bicyclic) bond motifs is 1. The predicted octanol–water partition coefficient (Wildman–Crippen LogP) is 2.42. The van der Waals surface area contributed by atoms with Crippen LogP contribution in [-0.4, -0.2) is 35.4 Å². The number of amides is 1. The number of hydrogen-bond acceptors (Lipinski definition) is 5. The van der Waals surface area contributed by atoms with E-state index in [1.807, 2.05) is 25.3 Å². The van der Waals surface area contributed by atoms with Crippen LogP contribution in [0, 0.1) is 13.8 Å². The van der Waals surface area contributed by atoms with Crippen molar-refractivity contribution in [3.05, 3.63) is 60.1 Å². The molecule has 0 aliphatic carbocycles. The SMILES string of the molecule is Cc1ccn(-c2c(C(=O)Nc3cncc4cnccc34)c(C)nn2C)n1. The zero-order valence-corrected chi connectivity index (χ0v) is 14.6. The second kappa shape index (κ2) is 6.07. The molecule has 0 saturated heterocycles. The Morgan fingerprint density at radius 1 is 1.08 bits per heavy atom. The molecule has 0 unspecified atom stereocenters. The topological polar surface area (TPSA) is 90.5 Å². The van der Waals surface area contributed by atoms with E-state index in [0.29, 0.717) is 22.8 Å². The monoisotopic (exact) mass is 347 g/mol. The maximum atomic E-state index is 13.0. The van der Waals surface area contributed by atoms with Crippen LogP contribution >= 0.6 is 0 Å². The molecule has 0 aliphatic rings. The summed E-state index contributed by atoms with van der Waals surface area (Å²) in [6.07, 6.45) is 8.55. The fourth-order valence-corrected chi connectivity index (χ4v) is 3.01. The van der Waals surface area contributed by atoms with Crippen LogP contribution in [-0.2, 0) is 7.05 Å². The van der Waals surface area contributed by atoms with Gasteiger partial charge in [-0.15, -0.1) is 0 Å². The molecule has 0 aliphatic heterocycles. The van der Waals surface area contributed by atoms with E-state index in [4.69, 9.17) is 0 Å². The van der Waals surface area contributed by atoms with Gasteiger partial charge in [0.15, 0.2) is 5.82 Å². The predicted molar refractivity (Wildman–Crippen MR) is 97.3 cm³/mol. The minimum absolute atomic E-state index is 0.259. The lowest BCUT2D eigenvalue weighted by atomic mass is 10.2. The third-order valence-electron chi connectivity index (χ3n) is 4.17. The molecule has 0 aromatic carbocycles. The summed E-state index contributed by atoms with van der Waals surface area (Å²) in [5.74, 6) is 0.354. The van der Waals surface area contributed by atoms with Crippen LogP contribution < -0.4 is 5.32 Å². The molecule has 4 heterocycles. The van der Waals surface area contributed by atoms with Gasteiger partial charge in [-0.2, -0.15) is 10.2 Å². The minimum atomic E-state index is -0.259. The maximum absolute atomic E-state index is 13.0. The molecule has 1 N–H and O–H groups in total. The van der Waals surface area contributed by atoms with Gasteiger partial charge in [0.25, 0.3) is 5.91 Å². The van der Waals surface area contributed by atoms with Crippen molar-refractivity contribution in [2.75, 3.05) is 5.32 Å². The average Bonchev–Trinajstić information content (AvgIpc) is 3.17. The Kier molecular flexibility index (Phi) is 3.72. The summed E-state index contributed by atoms with van der Waals surface area (Å²) in [6.45, 7) is 3.70. The fraction of sp³-hybridized carbons (Fsp3) is 0.167. The molecule has 4 aromatic rings. The summed E-state index contributed by atoms with van der Waals surface area (Å²) in [7, 11) is 1.79. The second-order valence-corrected chi connectivity index (χ2v) is 6.05. The Morgan fingerprint density at radius 2 is 1.88 bits per heavy atom. The summed E-state index contributed by atoms with van der Waals surface area (Å²) >= 11 is 0. The van der Waals surface area contributed by atoms with Crippen molar-refractivity contribution in [2.45, 2.75) is 13.8 Å². The van der Waals surface area contributed by atoms with Crippen LogP contribution in [0.25, 0.3) is 16.6 Å². The first-order chi connectivity index (χ1) is 12.5. The number of nitrogens with one attached hydrogen (secondary N) is 1. The molecule has 26 heavy (non-hydrogen) atoms. The van der Waals surface area contributed by atoms with Crippen molar-refractivity contribution in [1.29, 1.82) is 0 Å². The molecule has 0 saturated carbocycles. The third-order valence-corrected chi connectivity index (χ3v) is 4.17. The van der Waals surface area contributed by atoms with Gasteiger partial charge < -0.3 is 5.32 Å². The summed E-state index contributed by atoms with van der Waals surface area (Å²) in [5.41, 5.74) is 2.59. The normalized spacial score (nSPS) is 11.0. The molecule has 0 fully saturated rings. The molecule has 8 nitrogen and oxygen atoms in total. The fourth-order valence-electron chi connectivity index (χ4n) is 3.01. The van der Waals surface area contributed by atoms with Gasteiger partial charge in [0.2, 0.25) is 0 Å². The van der Waals surface area contributed by atoms with E-state index in [-0.39, 0.29) is 5.91 Å². The highest BCUT2D eigenvalue weighted by molar-refractivity contribution is 6.10. The van der Waals surface area contributed by atoms with Gasteiger partial charge in [0.05, 0.1) is 23.3 Å². The van der Waals surface area contributed by atoms with Gasteiger partial charge >= 0.3 is 0 Å². The number of anilines is 1. The van der Waals surface area contributed by atoms with E-state index in [1.54, 1.807) is 48.1 Å². The van der Waals surface area contributed by atoms with E-state index in [9.17, 15) is 4.79 Å². The van der Waals surface area contributed by atoms with E-state index in [2.05, 4.69) is 25.5 Å². The minimum Gasteiger partial charge on any atom is -0.320 e. The number of carbonyl (C=O) groups is 1. The molecule has 8 heteroatoms. The Labute approximate surface area is 149 Å². The lowest BCUT2D eigenvalue weighted by Crippen LogP contribution is -2.17. The number of carbonyl (C=O) groups excluding carboxylic acids is 1. The van der Waals surface area contributed by atoms with Crippen molar-refractivity contribution >= 4 is 22.4 Å². The molecule has 0 radical (unpaired) electrons. The Bertz CT molecular complexity index is 1120. The number of aromatic nitrogens is 6. The molecule has 0 bridgehead atoms. The molecule has 130 valence electrons. The number of pyridine rings is 2. The number of aryl methyl sites for hydroxylation is 3. The zero-order valence-electron chi connectivity index (χ0n) is 14.6. The standard InChI is InChI=1S/C18H17N7O/c1-11-5-7-25(22-11)18-16(12(2)23-24(18)3)17(26)21-15-10-20-9-13-8-19-6-4-14(13)15/h4-10H,1-3H3,(H,21,26). The first kappa shape index (κ1) is 15.9. The van der Waals surface area contributed by atoms with Crippen molar-refractivity contribution < 1.29 is 4.79 Å². The molecule has 4 aromatic heterocycles. The summed E-state index contributed by atoms with van der Waals surface area (Å²) in [5, 5.41) is 13.5. The smallest absolute Gasteiger partial charge is 0.261 e. The highest BCUT2D eigenvalue weighted by atomic mass is 16.1. The molecule has 1 amide bonds. The van der Waals surface area contributed by atoms with Crippen LogP contribution in [0.1, 0.15) is 21.7 Å². The van der Waals surface area contributed by atoms with E-state index < -0.39 is 0 Å². The van der Waals surface area contributed by atoms with Crippen LogP contribution in [0.15, 0.2) is 43.1 Å². The largest absolute Gasteiger partial charge is 0.320 e. The van der Waals surface area contributed by atoms with Crippen LogP contribution in [0.5, 0.6) is 0 Å². The number of hydrogen-bond donors (Lipinski definition) is 1. The molecular formula is C18H17N7O. The van der Waals surface area contributed by atoms with E-state index in [0.717, 1.165) is 16.5 Å². The highest BCUT2D eigenvalue weighted by Gasteiger charge is 2.23. The van der Waals surface area contributed by atoms with Gasteiger partial charge in [0, 0.05) is 42.6 Å². The second-order valence-electron chi connectivity index (χ2n) is 6.05.